The highest BCUT2D eigenvalue weighted by atomic mass is 79.9. The Bertz CT molecular complexity index is 1150. The van der Waals surface area contributed by atoms with Crippen LogP contribution in [0.1, 0.15) is 52.8 Å². The predicted molar refractivity (Wildman–Crippen MR) is 139 cm³/mol. The number of halogens is 2. The molecule has 1 amide bonds. The Kier molecular flexibility index (Phi) is 8.02. The molecule has 0 bridgehead atoms. The number of piperazine rings is 1. The van der Waals surface area contributed by atoms with Crippen LogP contribution in [-0.4, -0.2) is 41.9 Å². The van der Waals surface area contributed by atoms with Gasteiger partial charge in [-0.1, -0.05) is 59.6 Å². The maximum Gasteiger partial charge on any atom is 0.289 e. The lowest BCUT2D eigenvalue weighted by atomic mass is 10.0. The molecule has 1 saturated heterocycles. The summed E-state index contributed by atoms with van der Waals surface area (Å²) in [5.74, 6) is 1.98. The fourth-order valence-electron chi connectivity index (χ4n) is 4.10. The van der Waals surface area contributed by atoms with Gasteiger partial charge in [0.1, 0.15) is 18.1 Å². The van der Waals surface area contributed by atoms with Gasteiger partial charge in [-0.05, 0) is 59.9 Å². The van der Waals surface area contributed by atoms with E-state index in [9.17, 15) is 4.79 Å². The smallest absolute Gasteiger partial charge is 0.289 e. The molecule has 1 fully saturated rings. The Morgan fingerprint density at radius 1 is 1.12 bits per heavy atom. The van der Waals surface area contributed by atoms with E-state index in [4.69, 9.17) is 20.8 Å². The van der Waals surface area contributed by atoms with Crippen LogP contribution in [0.5, 0.6) is 5.75 Å². The zero-order valence-corrected chi connectivity index (χ0v) is 22.2. The molecule has 0 unspecified atom stereocenters. The second-order valence-electron chi connectivity index (χ2n) is 9.01. The first-order valence-electron chi connectivity index (χ1n) is 11.6. The number of carbonyl (C=O) groups is 1. The summed E-state index contributed by atoms with van der Waals surface area (Å²) in [6.07, 6.45) is 0. The second kappa shape index (κ2) is 11.0. The standard InChI is InChI=1S/C27H30BrClN2O3/c1-18(2)22-15-24(29)19(3)14-26(22)33-17-21-8-9-25(34-21)27(32)31-12-10-30(11-13-31)16-20-6-4-5-7-23(20)28/h4-9,14-15,18H,10-13,16-17H2,1-3H3. The van der Waals surface area contributed by atoms with Gasteiger partial charge in [-0.15, -0.1) is 0 Å². The van der Waals surface area contributed by atoms with Crippen molar-refractivity contribution in [3.63, 3.8) is 0 Å². The van der Waals surface area contributed by atoms with Gasteiger partial charge in [-0.3, -0.25) is 9.69 Å². The fourth-order valence-corrected chi connectivity index (χ4v) is 4.68. The van der Waals surface area contributed by atoms with Gasteiger partial charge in [-0.25, -0.2) is 0 Å². The Morgan fingerprint density at radius 3 is 2.56 bits per heavy atom. The summed E-state index contributed by atoms with van der Waals surface area (Å²) < 4.78 is 13.0. The van der Waals surface area contributed by atoms with Gasteiger partial charge in [0.05, 0.1) is 0 Å². The van der Waals surface area contributed by atoms with Crippen LogP contribution in [0, 0.1) is 6.92 Å². The molecule has 0 saturated carbocycles. The predicted octanol–water partition coefficient (Wildman–Crippen LogP) is 6.66. The second-order valence-corrected chi connectivity index (χ2v) is 10.3. The Labute approximate surface area is 214 Å². The van der Waals surface area contributed by atoms with E-state index in [0.717, 1.165) is 46.0 Å². The third-order valence-electron chi connectivity index (χ3n) is 6.17. The molecule has 1 aromatic heterocycles. The van der Waals surface area contributed by atoms with Crippen LogP contribution in [0.25, 0.3) is 0 Å². The molecular weight excluding hydrogens is 516 g/mol. The van der Waals surface area contributed by atoms with Gasteiger partial charge in [0.2, 0.25) is 0 Å². The maximum absolute atomic E-state index is 13.0. The first-order chi connectivity index (χ1) is 16.3. The van der Waals surface area contributed by atoms with E-state index in [-0.39, 0.29) is 18.4 Å². The van der Waals surface area contributed by atoms with E-state index in [2.05, 4.69) is 52.9 Å². The molecule has 0 aliphatic carbocycles. The van der Waals surface area contributed by atoms with Crippen LogP contribution in [-0.2, 0) is 13.2 Å². The number of ether oxygens (including phenoxy) is 1. The molecule has 0 N–H and O–H groups in total. The summed E-state index contributed by atoms with van der Waals surface area (Å²) >= 11 is 9.91. The third kappa shape index (κ3) is 5.85. The normalized spacial score (nSPS) is 14.6. The lowest BCUT2D eigenvalue weighted by molar-refractivity contribution is 0.0594. The van der Waals surface area contributed by atoms with E-state index in [1.54, 1.807) is 6.07 Å². The Morgan fingerprint density at radius 2 is 1.85 bits per heavy atom. The Hall–Kier alpha value is -2.28. The van der Waals surface area contributed by atoms with Crippen LogP contribution in [0.4, 0.5) is 0 Å². The van der Waals surface area contributed by atoms with Crippen molar-refractivity contribution in [3.05, 3.63) is 86.2 Å². The molecule has 2 heterocycles. The average Bonchev–Trinajstić information content (AvgIpc) is 3.30. The summed E-state index contributed by atoms with van der Waals surface area (Å²) in [7, 11) is 0. The number of furan rings is 1. The van der Waals surface area contributed by atoms with Gasteiger partial charge >= 0.3 is 0 Å². The van der Waals surface area contributed by atoms with Gasteiger partial charge in [0, 0.05) is 42.2 Å². The van der Waals surface area contributed by atoms with Crippen molar-refractivity contribution in [1.29, 1.82) is 0 Å². The first-order valence-corrected chi connectivity index (χ1v) is 12.8. The molecule has 5 nitrogen and oxygen atoms in total. The summed E-state index contributed by atoms with van der Waals surface area (Å²) in [5, 5.41) is 0.735. The van der Waals surface area contributed by atoms with E-state index >= 15 is 0 Å². The largest absolute Gasteiger partial charge is 0.485 e. The third-order valence-corrected chi connectivity index (χ3v) is 7.35. The zero-order valence-electron chi connectivity index (χ0n) is 19.8. The minimum Gasteiger partial charge on any atom is -0.485 e. The van der Waals surface area contributed by atoms with Crippen molar-refractivity contribution < 1.29 is 13.9 Å². The van der Waals surface area contributed by atoms with E-state index < -0.39 is 0 Å². The topological polar surface area (TPSA) is 45.9 Å². The Balaban J connectivity index is 1.33. The van der Waals surface area contributed by atoms with Crippen molar-refractivity contribution in [2.75, 3.05) is 26.2 Å². The summed E-state index contributed by atoms with van der Waals surface area (Å²) in [4.78, 5) is 17.2. The molecule has 2 aromatic carbocycles. The van der Waals surface area contributed by atoms with E-state index in [1.165, 1.54) is 5.56 Å². The summed E-state index contributed by atoms with van der Waals surface area (Å²) in [5.41, 5.74) is 3.28. The number of nitrogens with zero attached hydrogens (tertiary/aromatic N) is 2. The molecule has 1 aliphatic heterocycles. The van der Waals surface area contributed by atoms with Crippen LogP contribution >= 0.6 is 27.5 Å². The molecule has 1 aliphatic rings. The van der Waals surface area contributed by atoms with Crippen molar-refractivity contribution in [2.24, 2.45) is 0 Å². The molecule has 4 rings (SSSR count). The van der Waals surface area contributed by atoms with Crippen molar-refractivity contribution in [2.45, 2.75) is 39.8 Å². The van der Waals surface area contributed by atoms with Gasteiger partial charge in [0.15, 0.2) is 5.76 Å². The maximum atomic E-state index is 13.0. The summed E-state index contributed by atoms with van der Waals surface area (Å²) in [6.45, 7) is 10.3. The van der Waals surface area contributed by atoms with Gasteiger partial charge in [-0.2, -0.15) is 0 Å². The molecule has 7 heteroatoms. The van der Waals surface area contributed by atoms with Crippen LogP contribution in [0.2, 0.25) is 5.02 Å². The zero-order chi connectivity index (χ0) is 24.2. The lowest BCUT2D eigenvalue weighted by Gasteiger charge is -2.34. The number of hydrogen-bond acceptors (Lipinski definition) is 4. The highest BCUT2D eigenvalue weighted by Crippen LogP contribution is 2.32. The van der Waals surface area contributed by atoms with Crippen LogP contribution < -0.4 is 4.74 Å². The lowest BCUT2D eigenvalue weighted by Crippen LogP contribution is -2.48. The minimum atomic E-state index is -0.0722. The SMILES string of the molecule is Cc1cc(OCc2ccc(C(=O)N3CCN(Cc4ccccc4Br)CC3)o2)c(C(C)C)cc1Cl. The van der Waals surface area contributed by atoms with Crippen LogP contribution in [0.3, 0.4) is 0 Å². The number of hydrogen-bond donors (Lipinski definition) is 0. The summed E-state index contributed by atoms with van der Waals surface area (Å²) in [6, 6.07) is 15.7. The van der Waals surface area contributed by atoms with Gasteiger partial charge in [0.25, 0.3) is 5.91 Å². The molecule has 180 valence electrons. The molecule has 34 heavy (non-hydrogen) atoms. The van der Waals surface area contributed by atoms with Gasteiger partial charge < -0.3 is 14.1 Å². The quantitative estimate of drug-likeness (QED) is 0.333. The highest BCUT2D eigenvalue weighted by Gasteiger charge is 2.24. The molecule has 3 aromatic rings. The average molecular weight is 546 g/mol. The van der Waals surface area contributed by atoms with E-state index in [0.29, 0.717) is 24.6 Å². The van der Waals surface area contributed by atoms with Crippen molar-refractivity contribution in [3.8, 4) is 5.75 Å². The number of carbonyl (C=O) groups excluding carboxylic acids is 1. The fraction of sp³-hybridized carbons (Fsp3) is 0.370. The molecule has 0 atom stereocenters. The molecule has 0 spiro atoms. The monoisotopic (exact) mass is 544 g/mol. The van der Waals surface area contributed by atoms with Crippen molar-refractivity contribution in [1.82, 2.24) is 9.80 Å². The number of aryl methyl sites for hydroxylation is 1. The van der Waals surface area contributed by atoms with Crippen LogP contribution in [0.15, 0.2) is 57.4 Å². The number of amides is 1. The highest BCUT2D eigenvalue weighted by molar-refractivity contribution is 9.10. The van der Waals surface area contributed by atoms with Crippen molar-refractivity contribution >= 4 is 33.4 Å². The van der Waals surface area contributed by atoms with E-state index in [1.807, 2.05) is 36.1 Å². The number of rotatable bonds is 7. The minimum absolute atomic E-state index is 0.0722. The molecular formula is C27H30BrClN2O3. The number of benzene rings is 2. The molecule has 0 radical (unpaired) electrons. The first kappa shape index (κ1) is 24.8.